The van der Waals surface area contributed by atoms with Crippen molar-refractivity contribution < 1.29 is 8.83 Å². The summed E-state index contributed by atoms with van der Waals surface area (Å²) < 4.78 is 12.7. The zero-order valence-electron chi connectivity index (χ0n) is 25.8. The van der Waals surface area contributed by atoms with E-state index in [0.717, 1.165) is 49.3 Å². The molecule has 11 rings (SSSR count). The first-order chi connectivity index (χ1) is 23.8. The molecule has 0 fully saturated rings. The second kappa shape index (κ2) is 9.57. The minimum Gasteiger partial charge on any atom is -0.456 e. The summed E-state index contributed by atoms with van der Waals surface area (Å²) >= 11 is 0. The van der Waals surface area contributed by atoms with Gasteiger partial charge in [0.15, 0.2) is 0 Å². The van der Waals surface area contributed by atoms with Crippen molar-refractivity contribution in [3.63, 3.8) is 0 Å². The van der Waals surface area contributed by atoms with Crippen LogP contribution in [0.2, 0.25) is 0 Å². The molecule has 11 aromatic rings. The largest absolute Gasteiger partial charge is 0.456 e. The van der Waals surface area contributed by atoms with Gasteiger partial charge in [0.25, 0.3) is 0 Å². The van der Waals surface area contributed by atoms with Crippen LogP contribution in [0.4, 0.5) is 0 Å². The molecular weight excluding hydrogens is 585 g/mol. The van der Waals surface area contributed by atoms with Crippen LogP contribution in [0.1, 0.15) is 0 Å². The summed E-state index contributed by atoms with van der Waals surface area (Å²) in [6, 6.07) is 56.8. The van der Waals surface area contributed by atoms with Crippen LogP contribution >= 0.6 is 0 Å². The molecule has 222 valence electrons. The van der Waals surface area contributed by atoms with E-state index < -0.39 is 0 Å². The molecule has 0 saturated carbocycles. The zero-order valence-corrected chi connectivity index (χ0v) is 25.8. The van der Waals surface area contributed by atoms with Crippen LogP contribution in [0.25, 0.3) is 109 Å². The smallest absolute Gasteiger partial charge is 0.136 e. The summed E-state index contributed by atoms with van der Waals surface area (Å²) in [4.78, 5) is 0. The molecule has 9 aromatic carbocycles. The number of hydrogen-bond donors (Lipinski definition) is 0. The fourth-order valence-electron chi connectivity index (χ4n) is 8.07. The van der Waals surface area contributed by atoms with Gasteiger partial charge in [-0.15, -0.1) is 0 Å². The van der Waals surface area contributed by atoms with Gasteiger partial charge in [-0.05, 0) is 108 Å². The molecule has 0 amide bonds. The van der Waals surface area contributed by atoms with Crippen LogP contribution in [0.5, 0.6) is 0 Å². The van der Waals surface area contributed by atoms with Gasteiger partial charge in [-0.3, -0.25) is 0 Å². The Balaban J connectivity index is 1.18. The van der Waals surface area contributed by atoms with Gasteiger partial charge >= 0.3 is 0 Å². The first-order valence-electron chi connectivity index (χ1n) is 16.4. The van der Waals surface area contributed by atoms with Gasteiger partial charge in [-0.2, -0.15) is 0 Å². The Bertz CT molecular complexity index is 3060. The van der Waals surface area contributed by atoms with Crippen molar-refractivity contribution in [2.75, 3.05) is 0 Å². The number of hydrogen-bond acceptors (Lipinski definition) is 2. The predicted molar refractivity (Wildman–Crippen MR) is 202 cm³/mol. The molecule has 0 aliphatic heterocycles. The van der Waals surface area contributed by atoms with Crippen LogP contribution in [-0.2, 0) is 0 Å². The minimum atomic E-state index is 0.883. The Labute approximate surface area is 275 Å². The maximum Gasteiger partial charge on any atom is 0.136 e. The molecular formula is C46H26O2. The number of benzene rings is 9. The Kier molecular flexibility index (Phi) is 5.14. The summed E-state index contributed by atoms with van der Waals surface area (Å²) in [7, 11) is 0. The first-order valence-corrected chi connectivity index (χ1v) is 16.4. The molecule has 0 aliphatic rings. The quantitative estimate of drug-likeness (QED) is 0.182. The van der Waals surface area contributed by atoms with E-state index in [1.54, 1.807) is 0 Å². The third kappa shape index (κ3) is 3.57. The molecule has 2 heterocycles. The van der Waals surface area contributed by atoms with Crippen LogP contribution in [0.15, 0.2) is 167 Å². The molecule has 48 heavy (non-hydrogen) atoms. The molecule has 0 N–H and O–H groups in total. The highest BCUT2D eigenvalue weighted by Gasteiger charge is 2.19. The molecule has 0 aliphatic carbocycles. The van der Waals surface area contributed by atoms with Crippen LogP contribution in [0.3, 0.4) is 0 Å². The molecule has 2 aromatic heterocycles. The van der Waals surface area contributed by atoms with Gasteiger partial charge in [0, 0.05) is 21.5 Å². The highest BCUT2D eigenvalue weighted by Crippen LogP contribution is 2.46. The predicted octanol–water partition coefficient (Wildman–Crippen LogP) is 13.4. The molecule has 0 atom stereocenters. The third-order valence-corrected chi connectivity index (χ3v) is 10.2. The Hall–Kier alpha value is -6.38. The van der Waals surface area contributed by atoms with Gasteiger partial charge < -0.3 is 8.83 Å². The monoisotopic (exact) mass is 610 g/mol. The molecule has 2 heteroatoms. The molecule has 0 radical (unpaired) electrons. The van der Waals surface area contributed by atoms with Gasteiger partial charge in [0.2, 0.25) is 0 Å². The maximum absolute atomic E-state index is 6.55. The molecule has 2 nitrogen and oxygen atoms in total. The van der Waals surface area contributed by atoms with Crippen LogP contribution in [-0.4, -0.2) is 0 Å². The van der Waals surface area contributed by atoms with Gasteiger partial charge in [-0.25, -0.2) is 0 Å². The summed E-state index contributed by atoms with van der Waals surface area (Å²) in [5, 5.41) is 14.3. The highest BCUT2D eigenvalue weighted by atomic mass is 16.3. The minimum absolute atomic E-state index is 0.883. The van der Waals surface area contributed by atoms with Crippen LogP contribution < -0.4 is 0 Å². The summed E-state index contributed by atoms with van der Waals surface area (Å²) in [6.07, 6.45) is 0. The maximum atomic E-state index is 6.55. The third-order valence-electron chi connectivity index (χ3n) is 10.2. The molecule has 0 spiro atoms. The first kappa shape index (κ1) is 25.8. The van der Waals surface area contributed by atoms with E-state index in [2.05, 4.69) is 146 Å². The van der Waals surface area contributed by atoms with Crippen molar-refractivity contribution in [1.82, 2.24) is 0 Å². The Morgan fingerprint density at radius 3 is 1.54 bits per heavy atom. The zero-order chi connectivity index (χ0) is 31.3. The van der Waals surface area contributed by atoms with Crippen molar-refractivity contribution in [1.29, 1.82) is 0 Å². The second-order valence-corrected chi connectivity index (χ2v) is 12.8. The second-order valence-electron chi connectivity index (χ2n) is 12.8. The Morgan fingerprint density at radius 1 is 0.271 bits per heavy atom. The fourth-order valence-corrected chi connectivity index (χ4v) is 8.07. The van der Waals surface area contributed by atoms with E-state index in [1.165, 1.54) is 60.0 Å². The highest BCUT2D eigenvalue weighted by molar-refractivity contribution is 6.24. The van der Waals surface area contributed by atoms with E-state index in [9.17, 15) is 0 Å². The van der Waals surface area contributed by atoms with Crippen LogP contribution in [0, 0.1) is 0 Å². The van der Waals surface area contributed by atoms with E-state index in [0.29, 0.717) is 0 Å². The van der Waals surface area contributed by atoms with E-state index in [-0.39, 0.29) is 0 Å². The summed E-state index contributed by atoms with van der Waals surface area (Å²) in [6.45, 7) is 0. The summed E-state index contributed by atoms with van der Waals surface area (Å²) in [5.41, 5.74) is 8.50. The fraction of sp³-hybridized carbons (Fsp3) is 0. The molecule has 0 bridgehead atoms. The number of para-hydroxylation sites is 1. The van der Waals surface area contributed by atoms with E-state index in [4.69, 9.17) is 8.83 Å². The van der Waals surface area contributed by atoms with E-state index >= 15 is 0 Å². The lowest BCUT2D eigenvalue weighted by molar-refractivity contribution is 0.669. The van der Waals surface area contributed by atoms with Crippen molar-refractivity contribution in [3.8, 4) is 22.3 Å². The van der Waals surface area contributed by atoms with Crippen molar-refractivity contribution in [2.45, 2.75) is 0 Å². The SMILES string of the molecule is c1ccc2cc(-c3c4ccccc4c(-c4ccc5oc6cc7c(ccc8oc9ccccc9c87)cc6c5c4)c4ccccc34)ccc2c1. The van der Waals surface area contributed by atoms with Crippen molar-refractivity contribution in [3.05, 3.63) is 158 Å². The van der Waals surface area contributed by atoms with Gasteiger partial charge in [-0.1, -0.05) is 115 Å². The topological polar surface area (TPSA) is 26.3 Å². The Morgan fingerprint density at radius 2 is 0.792 bits per heavy atom. The summed E-state index contributed by atoms with van der Waals surface area (Å²) in [5.74, 6) is 0. The van der Waals surface area contributed by atoms with E-state index in [1.807, 2.05) is 12.1 Å². The van der Waals surface area contributed by atoms with Gasteiger partial charge in [0.1, 0.15) is 22.3 Å². The lowest BCUT2D eigenvalue weighted by Gasteiger charge is -2.18. The number of fused-ring (bicyclic) bond motifs is 11. The lowest BCUT2D eigenvalue weighted by Crippen LogP contribution is -1.91. The van der Waals surface area contributed by atoms with Crippen molar-refractivity contribution in [2.24, 2.45) is 0 Å². The van der Waals surface area contributed by atoms with Gasteiger partial charge in [0.05, 0.1) is 0 Å². The lowest BCUT2D eigenvalue weighted by atomic mass is 9.85. The standard InChI is InChI=1S/C46H26O2/c1-2-10-28-23-30(18-17-27(28)9-1)44-32-11-3-5-13-34(32)45(35-14-6-4-12-33(35)44)31-20-21-41-38(25-31)39-24-29-19-22-42-46(37(29)26-43(39)48-41)36-15-7-8-16-40(36)47-42/h1-26H. The normalized spacial score (nSPS) is 12.2. The molecule has 0 saturated heterocycles. The number of furan rings is 2. The molecule has 0 unspecified atom stereocenters. The average molecular weight is 611 g/mol. The van der Waals surface area contributed by atoms with Crippen molar-refractivity contribution >= 4 is 87.0 Å². The number of rotatable bonds is 2. The average Bonchev–Trinajstić information content (AvgIpc) is 3.70.